The number of aliphatic imine (C=N–C) groups is 1. The van der Waals surface area contributed by atoms with E-state index in [1.54, 1.807) is 36.6 Å². The summed E-state index contributed by atoms with van der Waals surface area (Å²) in [6.07, 6.45) is 6.33. The summed E-state index contributed by atoms with van der Waals surface area (Å²) in [6.45, 7) is 4.60. The maximum Gasteiger partial charge on any atom is 0.328 e. The number of anilines is 2. The van der Waals surface area contributed by atoms with E-state index in [0.29, 0.717) is 17.4 Å². The number of likely N-dealkylation sites (N-methyl/N-ethyl adjacent to an activating group) is 1. The van der Waals surface area contributed by atoms with E-state index in [1.807, 2.05) is 0 Å². The summed E-state index contributed by atoms with van der Waals surface area (Å²) in [5.41, 5.74) is 0.784. The molecule has 1 saturated carbocycles. The van der Waals surface area contributed by atoms with Crippen molar-refractivity contribution >= 4 is 47.3 Å². The zero-order valence-electron chi connectivity index (χ0n) is 21.6. The largest absolute Gasteiger partial charge is 0.376 e. The van der Waals surface area contributed by atoms with Crippen LogP contribution in [0, 0.1) is 11.8 Å². The van der Waals surface area contributed by atoms with Gasteiger partial charge < -0.3 is 24.8 Å². The number of nitrogens with one attached hydrogen (secondary N) is 1. The Hall–Kier alpha value is -3.65. The van der Waals surface area contributed by atoms with E-state index in [9.17, 15) is 14.4 Å². The summed E-state index contributed by atoms with van der Waals surface area (Å²) >= 11 is 1.39. The highest BCUT2D eigenvalue weighted by atomic mass is 32.1. The van der Waals surface area contributed by atoms with Gasteiger partial charge in [-0.3, -0.25) is 14.5 Å². The van der Waals surface area contributed by atoms with Crippen molar-refractivity contribution in [2.24, 2.45) is 16.8 Å². The molecule has 5 unspecified atom stereocenters. The van der Waals surface area contributed by atoms with Crippen LogP contribution in [0.3, 0.4) is 0 Å². The average Bonchev–Trinajstić information content (AvgIpc) is 3.29. The Labute approximate surface area is 228 Å². The van der Waals surface area contributed by atoms with E-state index in [0.717, 1.165) is 42.9 Å². The molecule has 13 nitrogen and oxygen atoms in total. The fourth-order valence-electron chi connectivity index (χ4n) is 5.70. The predicted molar refractivity (Wildman–Crippen MR) is 142 cm³/mol. The molecule has 6 heterocycles. The Morgan fingerprint density at radius 2 is 1.97 bits per heavy atom. The van der Waals surface area contributed by atoms with Gasteiger partial charge in [0, 0.05) is 50.1 Å². The molecule has 0 aromatic carbocycles. The smallest absolute Gasteiger partial charge is 0.328 e. The monoisotopic (exact) mass is 551 g/mol. The number of ether oxygens (including phenoxy) is 1. The van der Waals surface area contributed by atoms with Gasteiger partial charge in [0.1, 0.15) is 16.9 Å². The topological polar surface area (TPSA) is 136 Å². The molecule has 2 aromatic heterocycles. The van der Waals surface area contributed by atoms with Gasteiger partial charge in [-0.25, -0.2) is 24.7 Å². The fourth-order valence-corrected chi connectivity index (χ4v) is 6.43. The third-order valence-electron chi connectivity index (χ3n) is 8.31. The molecule has 4 aliphatic heterocycles. The highest BCUT2D eigenvalue weighted by Gasteiger charge is 2.52. The van der Waals surface area contributed by atoms with Crippen LogP contribution in [-0.2, 0) is 14.3 Å². The molecule has 7 rings (SSSR count). The number of amides is 4. The van der Waals surface area contributed by atoms with Crippen LogP contribution in [-0.4, -0.2) is 111 Å². The normalized spacial score (nSPS) is 29.8. The lowest BCUT2D eigenvalue weighted by atomic mass is 10.1. The standard InChI is InChI=1S/C25H29N9O4S/c1-13(34-12-28-20-19(34)23(36)33(25(37)31(20)2)10-17-3-4-38-17)21(35)29-18-11-39-22(30-18)16-6-26-24(27-7-16)32-8-14-5-15(14)9-32/h6-7,11-15,17,19-20H,3-5,8-10H2,1-2H3,(H,29,35)/t13-,14?,15?,17?,19?,20?/m0/s1. The highest BCUT2D eigenvalue weighted by Crippen LogP contribution is 2.45. The minimum atomic E-state index is -0.781. The van der Waals surface area contributed by atoms with Crippen molar-refractivity contribution in [3.63, 3.8) is 0 Å². The highest BCUT2D eigenvalue weighted by molar-refractivity contribution is 7.13. The Morgan fingerprint density at radius 1 is 1.23 bits per heavy atom. The van der Waals surface area contributed by atoms with E-state index >= 15 is 0 Å². The van der Waals surface area contributed by atoms with E-state index in [-0.39, 0.29) is 24.5 Å². The van der Waals surface area contributed by atoms with Crippen LogP contribution in [0.2, 0.25) is 0 Å². The number of nitrogens with zero attached hydrogens (tertiary/aromatic N) is 8. The van der Waals surface area contributed by atoms with Crippen LogP contribution in [0.4, 0.5) is 16.6 Å². The quantitative estimate of drug-likeness (QED) is 0.536. The molecular weight excluding hydrogens is 522 g/mol. The van der Waals surface area contributed by atoms with Gasteiger partial charge in [0.25, 0.3) is 5.91 Å². The minimum absolute atomic E-state index is 0.148. The van der Waals surface area contributed by atoms with Crippen LogP contribution in [0.5, 0.6) is 0 Å². The van der Waals surface area contributed by atoms with Gasteiger partial charge in [-0.15, -0.1) is 11.3 Å². The van der Waals surface area contributed by atoms with Crippen LogP contribution >= 0.6 is 11.3 Å². The third kappa shape index (κ3) is 4.22. The summed E-state index contributed by atoms with van der Waals surface area (Å²) in [5.74, 6) is 2.06. The van der Waals surface area contributed by atoms with E-state index in [2.05, 4.69) is 30.2 Å². The third-order valence-corrected chi connectivity index (χ3v) is 9.20. The second-order valence-corrected chi connectivity index (χ2v) is 11.7. The first-order valence-corrected chi connectivity index (χ1v) is 14.1. The van der Waals surface area contributed by atoms with Crippen molar-refractivity contribution in [2.75, 3.05) is 43.5 Å². The maximum absolute atomic E-state index is 13.4. The van der Waals surface area contributed by atoms with Crippen molar-refractivity contribution < 1.29 is 19.1 Å². The number of thiazole rings is 1. The van der Waals surface area contributed by atoms with Crippen LogP contribution < -0.4 is 10.2 Å². The molecule has 204 valence electrons. The summed E-state index contributed by atoms with van der Waals surface area (Å²) in [6, 6.07) is -1.91. The molecule has 4 amide bonds. The van der Waals surface area contributed by atoms with Gasteiger partial charge >= 0.3 is 6.03 Å². The molecule has 2 aromatic rings. The first kappa shape index (κ1) is 24.4. The number of hydrogen-bond donors (Lipinski definition) is 1. The Balaban J connectivity index is 1.01. The molecule has 0 bridgehead atoms. The second-order valence-electron chi connectivity index (χ2n) is 10.8. The number of aromatic nitrogens is 3. The van der Waals surface area contributed by atoms with Gasteiger partial charge in [0.15, 0.2) is 12.2 Å². The van der Waals surface area contributed by atoms with E-state index < -0.39 is 24.3 Å². The minimum Gasteiger partial charge on any atom is -0.376 e. The number of carbonyl (C=O) groups excluding carboxylic acids is 3. The number of urea groups is 1. The number of rotatable bonds is 7. The molecule has 1 aliphatic carbocycles. The molecular formula is C25H29N9O4S. The van der Waals surface area contributed by atoms with E-state index in [4.69, 9.17) is 4.74 Å². The summed E-state index contributed by atoms with van der Waals surface area (Å²) in [4.78, 5) is 63.9. The molecule has 4 fully saturated rings. The Bertz CT molecular complexity index is 1340. The maximum atomic E-state index is 13.4. The lowest BCUT2D eigenvalue weighted by Crippen LogP contribution is -2.67. The fraction of sp³-hybridized carbons (Fsp3) is 0.560. The van der Waals surface area contributed by atoms with Crippen molar-refractivity contribution in [1.29, 1.82) is 0 Å². The number of piperidine rings is 1. The summed E-state index contributed by atoms with van der Waals surface area (Å²) in [5, 5.41) is 5.32. The molecule has 0 radical (unpaired) electrons. The van der Waals surface area contributed by atoms with Crippen molar-refractivity contribution in [3.05, 3.63) is 17.8 Å². The van der Waals surface area contributed by atoms with Gasteiger partial charge in [-0.05, 0) is 31.6 Å². The zero-order valence-corrected chi connectivity index (χ0v) is 22.5. The number of imide groups is 1. The average molecular weight is 552 g/mol. The summed E-state index contributed by atoms with van der Waals surface area (Å²) < 4.78 is 5.43. The lowest BCUT2D eigenvalue weighted by Gasteiger charge is -2.43. The van der Waals surface area contributed by atoms with Gasteiger partial charge in [-0.1, -0.05) is 0 Å². The second kappa shape index (κ2) is 9.23. The van der Waals surface area contributed by atoms with Gasteiger partial charge in [-0.2, -0.15) is 0 Å². The predicted octanol–water partition coefficient (Wildman–Crippen LogP) is 1.10. The van der Waals surface area contributed by atoms with Crippen molar-refractivity contribution in [2.45, 2.75) is 44.1 Å². The zero-order chi connectivity index (χ0) is 26.8. The van der Waals surface area contributed by atoms with Crippen molar-refractivity contribution in [3.8, 4) is 10.6 Å². The van der Waals surface area contributed by atoms with Crippen LogP contribution in [0.1, 0.15) is 19.8 Å². The van der Waals surface area contributed by atoms with Crippen LogP contribution in [0.25, 0.3) is 10.6 Å². The molecule has 1 N–H and O–H groups in total. The number of carbonyl (C=O) groups is 3. The SMILES string of the molecule is C[C@@H](C(=O)Nc1csc(-c2cnc(N3CC4CC4C3)nc2)n1)N1C=NC2C1C(=O)N(CC1CCO1)C(=O)N2C. The molecule has 39 heavy (non-hydrogen) atoms. The first-order chi connectivity index (χ1) is 18.9. The molecule has 0 spiro atoms. The molecule has 14 heteroatoms. The van der Waals surface area contributed by atoms with E-state index in [1.165, 1.54) is 33.9 Å². The lowest BCUT2D eigenvalue weighted by molar-refractivity contribution is -0.143. The summed E-state index contributed by atoms with van der Waals surface area (Å²) in [7, 11) is 1.62. The van der Waals surface area contributed by atoms with Gasteiger partial charge in [0.05, 0.1) is 19.0 Å². The molecule has 5 aliphatic rings. The number of fused-ring (bicyclic) bond motifs is 2. The van der Waals surface area contributed by atoms with Crippen LogP contribution in [0.15, 0.2) is 22.8 Å². The molecule has 3 saturated heterocycles. The first-order valence-electron chi connectivity index (χ1n) is 13.2. The Kier molecular flexibility index (Phi) is 5.77. The van der Waals surface area contributed by atoms with Gasteiger partial charge in [0.2, 0.25) is 11.9 Å². The molecule has 6 atom stereocenters. The van der Waals surface area contributed by atoms with Crippen molar-refractivity contribution in [1.82, 2.24) is 29.7 Å². The number of hydrogen-bond acceptors (Lipinski definition) is 11. The Morgan fingerprint density at radius 3 is 2.67 bits per heavy atom.